The van der Waals surface area contributed by atoms with E-state index in [1.807, 2.05) is 18.2 Å². The second-order valence-corrected chi connectivity index (χ2v) is 9.40. The van der Waals surface area contributed by atoms with Crippen molar-refractivity contribution in [1.82, 2.24) is 4.90 Å². The molecule has 2 atom stereocenters. The van der Waals surface area contributed by atoms with Gasteiger partial charge in [-0.3, -0.25) is 9.59 Å². The third-order valence-corrected chi connectivity index (χ3v) is 7.40. The number of fused-ring (bicyclic) bond motifs is 1. The second kappa shape index (κ2) is 6.97. The van der Waals surface area contributed by atoms with Crippen LogP contribution >= 0.6 is 23.4 Å². The summed E-state index contributed by atoms with van der Waals surface area (Å²) in [5.74, 6) is 0.616. The summed E-state index contributed by atoms with van der Waals surface area (Å²) in [6, 6.07) is 5.26. The van der Waals surface area contributed by atoms with Crippen molar-refractivity contribution in [3.05, 3.63) is 23.2 Å². The number of rotatable bonds is 3. The molecule has 5 nitrogen and oxygen atoms in total. The van der Waals surface area contributed by atoms with Gasteiger partial charge >= 0.3 is 0 Å². The average molecular weight is 394 g/mol. The summed E-state index contributed by atoms with van der Waals surface area (Å²) in [4.78, 5) is 29.2. The minimum atomic E-state index is -0.409. The molecule has 3 aliphatic rings. The summed E-state index contributed by atoms with van der Waals surface area (Å²) < 4.78 is 0. The molecule has 0 spiro atoms. The van der Waals surface area contributed by atoms with Crippen LogP contribution in [0.4, 0.5) is 11.4 Å². The predicted octanol–water partition coefficient (Wildman–Crippen LogP) is 3.72. The molecule has 1 aromatic rings. The van der Waals surface area contributed by atoms with Crippen molar-refractivity contribution in [2.24, 2.45) is 0 Å². The number of piperidine rings is 1. The molecule has 3 heterocycles. The quantitative estimate of drug-likeness (QED) is 0.850. The number of carbonyl (C=O) groups excluding carboxylic acids is 2. The molecular formula is C19H24ClN3O2S. The van der Waals surface area contributed by atoms with Crippen LogP contribution in [0.3, 0.4) is 0 Å². The van der Waals surface area contributed by atoms with Gasteiger partial charge in [0, 0.05) is 30.3 Å². The number of hydrogen-bond acceptors (Lipinski definition) is 4. The summed E-state index contributed by atoms with van der Waals surface area (Å²) in [5, 5.41) is 3.67. The molecule has 0 bridgehead atoms. The molecule has 140 valence electrons. The maximum atomic E-state index is 13.0. The highest BCUT2D eigenvalue weighted by molar-refractivity contribution is 8.01. The van der Waals surface area contributed by atoms with Crippen LogP contribution in [0.5, 0.6) is 0 Å². The summed E-state index contributed by atoms with van der Waals surface area (Å²) in [6.07, 6.45) is 4.92. The maximum absolute atomic E-state index is 13.0. The molecule has 7 heteroatoms. The van der Waals surface area contributed by atoms with Gasteiger partial charge in [0.05, 0.1) is 16.2 Å². The zero-order valence-electron chi connectivity index (χ0n) is 15.0. The van der Waals surface area contributed by atoms with Gasteiger partial charge in [0.15, 0.2) is 0 Å². The van der Waals surface area contributed by atoms with Crippen LogP contribution in [0.15, 0.2) is 18.2 Å². The molecule has 3 fully saturated rings. The van der Waals surface area contributed by atoms with Crippen molar-refractivity contribution < 1.29 is 9.59 Å². The number of amides is 2. The van der Waals surface area contributed by atoms with Gasteiger partial charge in [-0.2, -0.15) is 0 Å². The lowest BCUT2D eigenvalue weighted by Crippen LogP contribution is -2.48. The molecule has 4 rings (SSSR count). The number of nitrogens with one attached hydrogen (secondary N) is 1. The average Bonchev–Trinajstić information content (AvgIpc) is 3.12. The van der Waals surface area contributed by atoms with Crippen molar-refractivity contribution in [3.63, 3.8) is 0 Å². The molecule has 2 amide bonds. The predicted molar refractivity (Wildman–Crippen MR) is 107 cm³/mol. The van der Waals surface area contributed by atoms with Crippen LogP contribution in [-0.4, -0.2) is 46.5 Å². The smallest absolute Gasteiger partial charge is 0.248 e. The molecule has 0 aliphatic carbocycles. The normalized spacial score (nSPS) is 28.4. The van der Waals surface area contributed by atoms with E-state index in [1.54, 1.807) is 16.7 Å². The largest absolute Gasteiger partial charge is 0.370 e. The zero-order chi connectivity index (χ0) is 18.3. The highest BCUT2D eigenvalue weighted by atomic mass is 35.5. The Morgan fingerprint density at radius 3 is 2.85 bits per heavy atom. The molecular weight excluding hydrogens is 370 g/mol. The van der Waals surface area contributed by atoms with E-state index in [0.717, 1.165) is 43.7 Å². The van der Waals surface area contributed by atoms with Crippen LogP contribution < -0.4 is 10.2 Å². The topological polar surface area (TPSA) is 52.7 Å². The molecule has 1 N–H and O–H groups in total. The highest BCUT2D eigenvalue weighted by Crippen LogP contribution is 2.47. The SMILES string of the molecule is C[C@@]12CCC(=O)N1[C@@H](C(=O)Nc1cc(Cl)ccc1N1CCCCC1)CS2. The standard InChI is InChI=1S/C19H24ClN3O2S/c1-19-8-7-17(24)23(19)16(12-26-19)18(25)21-14-11-13(20)5-6-15(14)22-9-3-2-4-10-22/h5-6,11,16H,2-4,7-10,12H2,1H3,(H,21,25)/t16-,19-/m1/s1. The molecule has 1 aromatic carbocycles. The molecule has 0 aromatic heterocycles. The van der Waals surface area contributed by atoms with Gasteiger partial charge in [-0.15, -0.1) is 11.8 Å². The van der Waals surface area contributed by atoms with Gasteiger partial charge in [-0.1, -0.05) is 11.6 Å². The zero-order valence-corrected chi connectivity index (χ0v) is 16.5. The summed E-state index contributed by atoms with van der Waals surface area (Å²) in [7, 11) is 0. The van der Waals surface area contributed by atoms with Crippen LogP contribution in [0.25, 0.3) is 0 Å². The number of anilines is 2. The van der Waals surface area contributed by atoms with E-state index < -0.39 is 6.04 Å². The Labute approximate surface area is 163 Å². The van der Waals surface area contributed by atoms with E-state index in [1.165, 1.54) is 6.42 Å². The first-order valence-corrected chi connectivity index (χ1v) is 10.7. The Balaban J connectivity index is 1.56. The Bertz CT molecular complexity index is 737. The van der Waals surface area contributed by atoms with Crippen LogP contribution in [0.2, 0.25) is 5.02 Å². The lowest BCUT2D eigenvalue weighted by Gasteiger charge is -2.32. The van der Waals surface area contributed by atoms with E-state index in [-0.39, 0.29) is 16.7 Å². The number of hydrogen-bond donors (Lipinski definition) is 1. The Hall–Kier alpha value is -1.40. The van der Waals surface area contributed by atoms with E-state index >= 15 is 0 Å². The lowest BCUT2D eigenvalue weighted by molar-refractivity contribution is -0.135. The molecule has 0 unspecified atom stereocenters. The van der Waals surface area contributed by atoms with Crippen molar-refractivity contribution in [1.29, 1.82) is 0 Å². The van der Waals surface area contributed by atoms with Crippen molar-refractivity contribution >= 4 is 46.6 Å². The van der Waals surface area contributed by atoms with Gasteiger partial charge < -0.3 is 15.1 Å². The summed E-state index contributed by atoms with van der Waals surface area (Å²) in [6.45, 7) is 4.05. The van der Waals surface area contributed by atoms with Gasteiger partial charge in [-0.05, 0) is 50.8 Å². The Morgan fingerprint density at radius 1 is 1.31 bits per heavy atom. The first kappa shape index (κ1) is 18.0. The van der Waals surface area contributed by atoms with Crippen molar-refractivity contribution in [3.8, 4) is 0 Å². The number of carbonyl (C=O) groups is 2. The minimum Gasteiger partial charge on any atom is -0.370 e. The molecule has 26 heavy (non-hydrogen) atoms. The summed E-state index contributed by atoms with van der Waals surface area (Å²) >= 11 is 7.90. The molecule has 3 aliphatic heterocycles. The Morgan fingerprint density at radius 2 is 2.08 bits per heavy atom. The van der Waals surface area contributed by atoms with Crippen LogP contribution in [-0.2, 0) is 9.59 Å². The van der Waals surface area contributed by atoms with Gasteiger partial charge in [0.2, 0.25) is 11.8 Å². The maximum Gasteiger partial charge on any atom is 0.248 e. The number of nitrogens with zero attached hydrogens (tertiary/aromatic N) is 2. The van der Waals surface area contributed by atoms with E-state index in [9.17, 15) is 9.59 Å². The van der Waals surface area contributed by atoms with Crippen LogP contribution in [0, 0.1) is 0 Å². The van der Waals surface area contributed by atoms with E-state index in [2.05, 4.69) is 17.1 Å². The second-order valence-electron chi connectivity index (χ2n) is 7.46. The number of benzene rings is 1. The van der Waals surface area contributed by atoms with Crippen molar-refractivity contribution in [2.45, 2.75) is 49.9 Å². The minimum absolute atomic E-state index is 0.0833. The third-order valence-electron chi connectivity index (χ3n) is 5.66. The molecule has 0 radical (unpaired) electrons. The fourth-order valence-corrected chi connectivity index (χ4v) is 5.85. The summed E-state index contributed by atoms with van der Waals surface area (Å²) in [5.41, 5.74) is 1.76. The van der Waals surface area contributed by atoms with Gasteiger partial charge in [0.25, 0.3) is 0 Å². The first-order chi connectivity index (χ1) is 12.5. The molecule has 3 saturated heterocycles. The number of halogens is 1. The number of thioether (sulfide) groups is 1. The van der Waals surface area contributed by atoms with Crippen molar-refractivity contribution in [2.75, 3.05) is 29.1 Å². The van der Waals surface area contributed by atoms with Gasteiger partial charge in [-0.25, -0.2) is 0 Å². The monoisotopic (exact) mass is 393 g/mol. The van der Waals surface area contributed by atoms with Gasteiger partial charge in [0.1, 0.15) is 6.04 Å². The third kappa shape index (κ3) is 3.18. The van der Waals surface area contributed by atoms with E-state index in [0.29, 0.717) is 17.2 Å². The van der Waals surface area contributed by atoms with Crippen LogP contribution in [0.1, 0.15) is 39.0 Å². The lowest BCUT2D eigenvalue weighted by atomic mass is 10.1. The highest BCUT2D eigenvalue weighted by Gasteiger charge is 2.52. The Kier molecular flexibility index (Phi) is 4.82. The van der Waals surface area contributed by atoms with E-state index in [4.69, 9.17) is 11.6 Å². The first-order valence-electron chi connectivity index (χ1n) is 9.29. The molecule has 0 saturated carbocycles. The fourth-order valence-electron chi connectivity index (χ4n) is 4.25. The fraction of sp³-hybridized carbons (Fsp3) is 0.579.